The Morgan fingerprint density at radius 2 is 1.62 bits per heavy atom. The van der Waals surface area contributed by atoms with Crippen LogP contribution in [0.5, 0.6) is 0 Å². The fourth-order valence-electron chi connectivity index (χ4n) is 3.92. The van der Waals surface area contributed by atoms with Gasteiger partial charge in [0.15, 0.2) is 23.2 Å². The Morgan fingerprint density at radius 3 is 2.35 bits per heavy atom. The molecule has 0 saturated heterocycles. The maximum atomic E-state index is 13.1. The number of H-pyrrole nitrogens is 1. The number of aromatic nitrogens is 2. The molecule has 0 saturated carbocycles. The van der Waals surface area contributed by atoms with Crippen LogP contribution in [-0.4, -0.2) is 39.2 Å². The fourth-order valence-corrected chi connectivity index (χ4v) is 3.92. The maximum absolute atomic E-state index is 13.1. The average molecular weight is 449 g/mol. The number of nitriles is 1. The average Bonchev–Trinajstić information content (AvgIpc) is 3.29. The molecule has 0 fully saturated rings. The van der Waals surface area contributed by atoms with Crippen LogP contribution in [-0.2, 0) is 4.74 Å². The van der Waals surface area contributed by atoms with Gasteiger partial charge in [0, 0.05) is 22.3 Å². The molecule has 0 spiro atoms. The number of ketones is 2. The smallest absolute Gasteiger partial charge is 0.339 e. The van der Waals surface area contributed by atoms with Crippen molar-refractivity contribution in [3.05, 3.63) is 106 Å². The molecule has 0 bridgehead atoms. The number of benzene rings is 3. The molecule has 0 unspecified atom stereocenters. The van der Waals surface area contributed by atoms with Gasteiger partial charge >= 0.3 is 5.97 Å². The van der Waals surface area contributed by atoms with E-state index in [-0.39, 0.29) is 45.0 Å². The van der Waals surface area contributed by atoms with Crippen molar-refractivity contribution >= 4 is 34.1 Å². The number of hydrogen-bond donors (Lipinski definition) is 2. The highest BCUT2D eigenvalue weighted by molar-refractivity contribution is 6.30. The number of carbonyl (C=O) groups is 3. The van der Waals surface area contributed by atoms with Gasteiger partial charge in [0.25, 0.3) is 0 Å². The highest BCUT2D eigenvalue weighted by Crippen LogP contribution is 2.30. The zero-order chi connectivity index (χ0) is 23.8. The number of nitrogens with zero attached hydrogens (tertiary/aromatic N) is 2. The molecule has 5 rings (SSSR count). The van der Waals surface area contributed by atoms with Gasteiger partial charge < -0.3 is 14.8 Å². The number of nitrogens with one attached hydrogen (secondary N) is 1. The molecule has 2 N–H and O–H groups in total. The number of aliphatic hydroxyl groups is 1. The van der Waals surface area contributed by atoms with Gasteiger partial charge in [-0.1, -0.05) is 48.5 Å². The summed E-state index contributed by atoms with van der Waals surface area (Å²) >= 11 is 0. The number of aliphatic hydroxyl groups excluding tert-OH is 1. The summed E-state index contributed by atoms with van der Waals surface area (Å²) in [7, 11) is 0. The van der Waals surface area contributed by atoms with E-state index in [1.165, 1.54) is 24.3 Å². The summed E-state index contributed by atoms with van der Waals surface area (Å²) in [5, 5.41) is 20.0. The first-order valence-corrected chi connectivity index (χ1v) is 10.3. The van der Waals surface area contributed by atoms with Gasteiger partial charge in [-0.3, -0.25) is 9.59 Å². The van der Waals surface area contributed by atoms with Gasteiger partial charge in [-0.15, -0.1) is 0 Å². The van der Waals surface area contributed by atoms with Crippen molar-refractivity contribution in [2.24, 2.45) is 0 Å². The third-order valence-electron chi connectivity index (χ3n) is 5.54. The van der Waals surface area contributed by atoms with E-state index in [1.807, 2.05) is 6.07 Å². The highest BCUT2D eigenvalue weighted by Gasteiger charge is 2.33. The number of allylic oxidation sites excluding steroid dienone is 1. The van der Waals surface area contributed by atoms with Gasteiger partial charge in [-0.2, -0.15) is 5.26 Å². The molecule has 34 heavy (non-hydrogen) atoms. The van der Waals surface area contributed by atoms with Crippen LogP contribution in [0, 0.1) is 11.3 Å². The number of carbonyl (C=O) groups excluding carboxylic acids is 3. The van der Waals surface area contributed by atoms with E-state index < -0.39 is 24.1 Å². The van der Waals surface area contributed by atoms with Crippen LogP contribution < -0.4 is 0 Å². The number of fused-ring (bicyclic) bond motifs is 3. The van der Waals surface area contributed by atoms with E-state index in [9.17, 15) is 24.8 Å². The summed E-state index contributed by atoms with van der Waals surface area (Å²) < 4.78 is 5.20. The molecule has 8 nitrogen and oxygen atoms in total. The van der Waals surface area contributed by atoms with E-state index >= 15 is 0 Å². The van der Waals surface area contributed by atoms with Gasteiger partial charge in [0.2, 0.25) is 0 Å². The first-order valence-electron chi connectivity index (χ1n) is 10.3. The molecule has 0 radical (unpaired) electrons. The van der Waals surface area contributed by atoms with Crippen LogP contribution in [0.2, 0.25) is 0 Å². The lowest BCUT2D eigenvalue weighted by Gasteiger charge is -2.19. The number of para-hydroxylation sites is 2. The molecular weight excluding hydrogens is 434 g/mol. The SMILES string of the molecule is N#CC(=C(O)COC(=O)c1cccc2c1C(=O)c1ccccc1C2=O)c1nc2ccccc2[nH]1. The molecule has 8 heteroatoms. The molecule has 164 valence electrons. The minimum atomic E-state index is -0.911. The summed E-state index contributed by atoms with van der Waals surface area (Å²) in [6.45, 7) is -0.624. The standard InChI is InChI=1S/C26H15N3O5/c27-12-18(25-28-19-10-3-4-11-20(19)29-25)21(30)13-34-26(33)17-9-5-8-16-22(17)24(32)15-7-2-1-6-14(15)23(16)31/h1-11,30H,13H2,(H,28,29). The number of imidazole rings is 1. The Bertz CT molecular complexity index is 1560. The number of hydrogen-bond acceptors (Lipinski definition) is 7. The third-order valence-corrected chi connectivity index (χ3v) is 5.54. The quantitative estimate of drug-likeness (QED) is 0.241. The van der Waals surface area contributed by atoms with E-state index in [1.54, 1.807) is 42.5 Å². The molecule has 1 heterocycles. The summed E-state index contributed by atoms with van der Waals surface area (Å²) in [5.74, 6) is -2.11. The van der Waals surface area contributed by atoms with Crippen LogP contribution in [0.1, 0.15) is 48.0 Å². The second kappa shape index (κ2) is 8.15. The lowest BCUT2D eigenvalue weighted by molar-refractivity contribution is 0.0500. The van der Waals surface area contributed by atoms with Gasteiger partial charge in [0.1, 0.15) is 18.2 Å². The summed E-state index contributed by atoms with van der Waals surface area (Å²) in [6, 6.07) is 19.7. The van der Waals surface area contributed by atoms with Crippen molar-refractivity contribution in [1.82, 2.24) is 9.97 Å². The van der Waals surface area contributed by atoms with Crippen molar-refractivity contribution in [2.75, 3.05) is 6.61 Å². The van der Waals surface area contributed by atoms with Crippen LogP contribution in [0.25, 0.3) is 16.6 Å². The van der Waals surface area contributed by atoms with E-state index in [0.29, 0.717) is 11.0 Å². The molecule has 1 aromatic heterocycles. The van der Waals surface area contributed by atoms with Crippen molar-refractivity contribution in [1.29, 1.82) is 5.26 Å². The normalized spacial score (nSPS) is 13.0. The Labute approximate surface area is 192 Å². The number of rotatable bonds is 4. The van der Waals surface area contributed by atoms with E-state index in [4.69, 9.17) is 4.74 Å². The number of aromatic amines is 1. The second-order valence-electron chi connectivity index (χ2n) is 7.54. The number of ether oxygens (including phenoxy) is 1. The molecular formula is C26H15N3O5. The van der Waals surface area contributed by atoms with Crippen LogP contribution in [0.3, 0.4) is 0 Å². The lowest BCUT2D eigenvalue weighted by Crippen LogP contribution is -2.24. The molecule has 0 amide bonds. The Morgan fingerprint density at radius 1 is 0.941 bits per heavy atom. The predicted octanol–water partition coefficient (Wildman–Crippen LogP) is 3.99. The topological polar surface area (TPSA) is 133 Å². The molecule has 4 aromatic rings. The summed E-state index contributed by atoms with van der Waals surface area (Å²) in [5.41, 5.74) is 1.55. The Hall–Kier alpha value is -5.03. The van der Waals surface area contributed by atoms with Gasteiger partial charge in [-0.05, 0) is 18.2 Å². The first-order chi connectivity index (χ1) is 16.5. The van der Waals surface area contributed by atoms with Crippen molar-refractivity contribution < 1.29 is 24.2 Å². The molecule has 1 aliphatic rings. The summed E-state index contributed by atoms with van der Waals surface area (Å²) in [4.78, 5) is 46.0. The van der Waals surface area contributed by atoms with Gasteiger partial charge in [-0.25, -0.2) is 9.78 Å². The minimum absolute atomic E-state index is 0.0440. The van der Waals surface area contributed by atoms with Crippen LogP contribution in [0.15, 0.2) is 72.5 Å². The van der Waals surface area contributed by atoms with Crippen molar-refractivity contribution in [3.8, 4) is 6.07 Å². The largest absolute Gasteiger partial charge is 0.507 e. The maximum Gasteiger partial charge on any atom is 0.339 e. The van der Waals surface area contributed by atoms with Crippen molar-refractivity contribution in [2.45, 2.75) is 0 Å². The zero-order valence-electron chi connectivity index (χ0n) is 17.5. The van der Waals surface area contributed by atoms with E-state index in [2.05, 4.69) is 9.97 Å². The second-order valence-corrected chi connectivity index (χ2v) is 7.54. The predicted molar refractivity (Wildman–Crippen MR) is 121 cm³/mol. The Kier molecular flexibility index (Phi) is 5.00. The van der Waals surface area contributed by atoms with Crippen molar-refractivity contribution in [3.63, 3.8) is 0 Å². The molecule has 1 aliphatic carbocycles. The monoisotopic (exact) mass is 449 g/mol. The zero-order valence-corrected chi connectivity index (χ0v) is 17.5. The molecule has 3 aromatic carbocycles. The molecule has 0 aliphatic heterocycles. The minimum Gasteiger partial charge on any atom is -0.507 e. The van der Waals surface area contributed by atoms with Crippen LogP contribution in [0.4, 0.5) is 0 Å². The lowest BCUT2D eigenvalue weighted by atomic mass is 9.82. The first kappa shape index (κ1) is 20.8. The summed E-state index contributed by atoms with van der Waals surface area (Å²) in [6.07, 6.45) is 0. The van der Waals surface area contributed by atoms with Gasteiger partial charge in [0.05, 0.1) is 16.6 Å². The fraction of sp³-hybridized carbons (Fsp3) is 0.0385. The van der Waals surface area contributed by atoms with E-state index in [0.717, 1.165) is 0 Å². The third kappa shape index (κ3) is 3.32. The van der Waals surface area contributed by atoms with Crippen LogP contribution >= 0.6 is 0 Å². The molecule has 0 atom stereocenters. The number of esters is 1. The highest BCUT2D eigenvalue weighted by atomic mass is 16.5. The Balaban J connectivity index is 1.44.